The number of thiophene rings is 1. The normalized spacial score (nSPS) is 10.1. The number of benzene rings is 1. The van der Waals surface area contributed by atoms with Crippen LogP contribution in [0.15, 0.2) is 47.2 Å². The van der Waals surface area contributed by atoms with Crippen LogP contribution in [0.4, 0.5) is 5.69 Å². The highest BCUT2D eigenvalue weighted by molar-refractivity contribution is 7.20. The van der Waals surface area contributed by atoms with Gasteiger partial charge in [-0.3, -0.25) is 4.79 Å². The molecule has 1 amide bonds. The summed E-state index contributed by atoms with van der Waals surface area (Å²) in [5.41, 5.74) is 1.62. The first kappa shape index (κ1) is 17.8. The molecule has 1 N–H and O–H groups in total. The number of hydrogen-bond donors (Lipinski definition) is 1. The summed E-state index contributed by atoms with van der Waals surface area (Å²) >= 11 is 2.89. The molecule has 8 heteroatoms. The summed E-state index contributed by atoms with van der Waals surface area (Å²) in [6, 6.07) is 12.8. The van der Waals surface area contributed by atoms with Crippen molar-refractivity contribution in [1.29, 1.82) is 5.26 Å². The Morgan fingerprint density at radius 1 is 1.19 bits per heavy atom. The van der Waals surface area contributed by atoms with Crippen molar-refractivity contribution in [3.8, 4) is 16.0 Å². The zero-order valence-corrected chi connectivity index (χ0v) is 15.1. The van der Waals surface area contributed by atoms with Crippen molar-refractivity contribution in [2.24, 2.45) is 0 Å². The van der Waals surface area contributed by atoms with E-state index >= 15 is 0 Å². The van der Waals surface area contributed by atoms with Gasteiger partial charge in [0.2, 0.25) is 0 Å². The van der Waals surface area contributed by atoms with Crippen molar-refractivity contribution in [2.75, 3.05) is 11.9 Å². The molecular weight excluding hydrogens is 370 g/mol. The van der Waals surface area contributed by atoms with Crippen LogP contribution in [0.1, 0.15) is 16.1 Å². The van der Waals surface area contributed by atoms with E-state index < -0.39 is 18.5 Å². The third-order valence-electron chi connectivity index (χ3n) is 3.30. The van der Waals surface area contributed by atoms with Crippen LogP contribution in [0.5, 0.6) is 0 Å². The van der Waals surface area contributed by atoms with Crippen molar-refractivity contribution in [3.05, 3.63) is 58.4 Å². The predicted octanol–water partition coefficient (Wildman–Crippen LogP) is 3.73. The first-order valence-corrected chi connectivity index (χ1v) is 9.34. The topological polar surface area (TPSA) is 92.1 Å². The number of ether oxygens (including phenoxy) is 1. The molecule has 0 unspecified atom stereocenters. The van der Waals surface area contributed by atoms with Gasteiger partial charge in [0, 0.05) is 11.1 Å². The number of esters is 1. The van der Waals surface area contributed by atoms with E-state index in [1.165, 1.54) is 22.7 Å². The van der Waals surface area contributed by atoms with Crippen molar-refractivity contribution in [3.63, 3.8) is 0 Å². The third-order valence-corrected chi connectivity index (χ3v) is 5.18. The number of thiazole rings is 1. The van der Waals surface area contributed by atoms with E-state index in [1.807, 2.05) is 17.5 Å². The molecule has 0 aliphatic carbocycles. The summed E-state index contributed by atoms with van der Waals surface area (Å²) in [6.07, 6.45) is 0.312. The standard InChI is InChI=1S/C18H13N3O3S2/c19-8-7-12-3-5-13(6-4-12)20-16(22)10-24-18(23)14-11-26-17(21-14)15-2-1-9-25-15/h1-6,9,11H,7,10H2,(H,20,22). The number of carbonyl (C=O) groups is 2. The predicted molar refractivity (Wildman–Crippen MR) is 100 cm³/mol. The molecule has 2 heterocycles. The van der Waals surface area contributed by atoms with Crippen LogP contribution >= 0.6 is 22.7 Å². The van der Waals surface area contributed by atoms with Gasteiger partial charge in [-0.15, -0.1) is 22.7 Å². The summed E-state index contributed by atoms with van der Waals surface area (Å²) < 4.78 is 5.01. The maximum absolute atomic E-state index is 12.0. The molecule has 0 atom stereocenters. The Kier molecular flexibility index (Phi) is 5.73. The number of nitrogens with one attached hydrogen (secondary N) is 1. The Balaban J connectivity index is 1.51. The molecule has 6 nitrogen and oxygen atoms in total. The summed E-state index contributed by atoms with van der Waals surface area (Å²) in [4.78, 5) is 29.1. The molecule has 3 aromatic rings. The Morgan fingerprint density at radius 2 is 2.00 bits per heavy atom. The van der Waals surface area contributed by atoms with E-state index in [-0.39, 0.29) is 5.69 Å². The second-order valence-corrected chi connectivity index (χ2v) is 6.98. The number of nitrogens with zero attached hydrogens (tertiary/aromatic N) is 2. The van der Waals surface area contributed by atoms with Crippen LogP contribution in [0, 0.1) is 11.3 Å². The Hall–Kier alpha value is -3.02. The number of aromatic nitrogens is 1. The maximum atomic E-state index is 12.0. The smallest absolute Gasteiger partial charge is 0.358 e. The van der Waals surface area contributed by atoms with E-state index in [9.17, 15) is 9.59 Å². The largest absolute Gasteiger partial charge is 0.451 e. The van der Waals surface area contributed by atoms with E-state index in [0.717, 1.165) is 15.4 Å². The SMILES string of the molecule is N#CCc1ccc(NC(=O)COC(=O)c2csc(-c3cccs3)n2)cc1. The quantitative estimate of drug-likeness (QED) is 0.655. The summed E-state index contributed by atoms with van der Waals surface area (Å²) in [5.74, 6) is -1.08. The van der Waals surface area contributed by atoms with Crippen LogP contribution in [0.25, 0.3) is 9.88 Å². The van der Waals surface area contributed by atoms with Gasteiger partial charge in [-0.25, -0.2) is 9.78 Å². The minimum absolute atomic E-state index is 0.187. The van der Waals surface area contributed by atoms with Gasteiger partial charge in [0.25, 0.3) is 5.91 Å². The van der Waals surface area contributed by atoms with E-state index in [1.54, 1.807) is 29.6 Å². The molecule has 0 aliphatic rings. The van der Waals surface area contributed by atoms with Crippen LogP contribution in [-0.4, -0.2) is 23.5 Å². The van der Waals surface area contributed by atoms with Gasteiger partial charge in [0.05, 0.1) is 17.4 Å². The summed E-state index contributed by atoms with van der Waals surface area (Å²) in [6.45, 7) is -0.398. The number of amides is 1. The lowest BCUT2D eigenvalue weighted by atomic mass is 10.1. The number of nitriles is 1. The second kappa shape index (κ2) is 8.38. The molecule has 0 bridgehead atoms. The zero-order chi connectivity index (χ0) is 18.4. The maximum Gasteiger partial charge on any atom is 0.358 e. The Morgan fingerprint density at radius 3 is 2.69 bits per heavy atom. The monoisotopic (exact) mass is 383 g/mol. The highest BCUT2D eigenvalue weighted by Crippen LogP contribution is 2.27. The van der Waals surface area contributed by atoms with E-state index in [4.69, 9.17) is 10.00 Å². The Labute approximate surface area is 157 Å². The fourth-order valence-electron chi connectivity index (χ4n) is 2.08. The van der Waals surface area contributed by atoms with Crippen LogP contribution < -0.4 is 5.32 Å². The van der Waals surface area contributed by atoms with E-state index in [2.05, 4.69) is 16.4 Å². The molecule has 1 aromatic carbocycles. The molecule has 0 radical (unpaired) electrons. The van der Waals surface area contributed by atoms with Crippen LogP contribution in [0.2, 0.25) is 0 Å². The van der Waals surface area contributed by atoms with Gasteiger partial charge in [-0.2, -0.15) is 5.26 Å². The number of carbonyl (C=O) groups excluding carboxylic acids is 2. The lowest BCUT2D eigenvalue weighted by Crippen LogP contribution is -2.21. The molecule has 2 aromatic heterocycles. The number of anilines is 1. The van der Waals surface area contributed by atoms with Crippen LogP contribution in [-0.2, 0) is 16.0 Å². The van der Waals surface area contributed by atoms with Crippen molar-refractivity contribution >= 4 is 40.2 Å². The fraction of sp³-hybridized carbons (Fsp3) is 0.111. The van der Waals surface area contributed by atoms with Gasteiger partial charge in [-0.05, 0) is 29.1 Å². The van der Waals surface area contributed by atoms with Crippen molar-refractivity contribution in [1.82, 2.24) is 4.98 Å². The van der Waals surface area contributed by atoms with Crippen molar-refractivity contribution in [2.45, 2.75) is 6.42 Å². The molecule has 130 valence electrons. The third kappa shape index (κ3) is 4.53. The lowest BCUT2D eigenvalue weighted by molar-refractivity contribution is -0.119. The van der Waals surface area contributed by atoms with E-state index in [0.29, 0.717) is 12.1 Å². The summed E-state index contributed by atoms with van der Waals surface area (Å²) in [5, 5.41) is 15.6. The van der Waals surface area contributed by atoms with Gasteiger partial charge in [-0.1, -0.05) is 18.2 Å². The number of hydrogen-bond acceptors (Lipinski definition) is 7. The molecule has 0 saturated carbocycles. The van der Waals surface area contributed by atoms with Crippen LogP contribution in [0.3, 0.4) is 0 Å². The highest BCUT2D eigenvalue weighted by atomic mass is 32.1. The molecule has 0 spiro atoms. The van der Waals surface area contributed by atoms with Gasteiger partial charge < -0.3 is 10.1 Å². The fourth-order valence-corrected chi connectivity index (χ4v) is 3.68. The average Bonchev–Trinajstić information content (AvgIpc) is 3.33. The first-order valence-electron chi connectivity index (χ1n) is 7.58. The zero-order valence-electron chi connectivity index (χ0n) is 13.5. The molecule has 0 aliphatic heterocycles. The van der Waals surface area contributed by atoms with Gasteiger partial charge >= 0.3 is 5.97 Å². The molecule has 0 fully saturated rings. The molecule has 26 heavy (non-hydrogen) atoms. The minimum Gasteiger partial charge on any atom is -0.451 e. The Bertz CT molecular complexity index is 941. The van der Waals surface area contributed by atoms with Gasteiger partial charge in [0.1, 0.15) is 5.01 Å². The molecule has 0 saturated heterocycles. The summed E-state index contributed by atoms with van der Waals surface area (Å²) in [7, 11) is 0. The minimum atomic E-state index is -0.636. The molecule has 3 rings (SSSR count). The second-order valence-electron chi connectivity index (χ2n) is 5.17. The first-order chi connectivity index (χ1) is 12.7. The highest BCUT2D eigenvalue weighted by Gasteiger charge is 2.15. The number of rotatable bonds is 6. The average molecular weight is 383 g/mol. The molecular formula is C18H13N3O3S2. The lowest BCUT2D eigenvalue weighted by Gasteiger charge is -2.06. The van der Waals surface area contributed by atoms with Crippen molar-refractivity contribution < 1.29 is 14.3 Å². The van der Waals surface area contributed by atoms with Gasteiger partial charge in [0.15, 0.2) is 12.3 Å².